The summed E-state index contributed by atoms with van der Waals surface area (Å²) in [5.41, 5.74) is 2.46. The molecule has 1 saturated heterocycles. The minimum atomic E-state index is -1.03. The van der Waals surface area contributed by atoms with Gasteiger partial charge in [-0.25, -0.2) is 4.98 Å². The van der Waals surface area contributed by atoms with Gasteiger partial charge in [0.2, 0.25) is 5.95 Å². The predicted octanol–water partition coefficient (Wildman–Crippen LogP) is 5.40. The molecular weight excluding hydrogens is 453 g/mol. The number of carbonyl (C=O) groups excluding carboxylic acids is 2. The van der Waals surface area contributed by atoms with Crippen LogP contribution in [0.2, 0.25) is 10.0 Å². The number of rotatable bonds is 3. The summed E-state index contributed by atoms with van der Waals surface area (Å²) in [4.78, 5) is 35.0. The molecule has 0 spiro atoms. The Hall–Kier alpha value is -3.55. The average molecular weight is 468 g/mol. The number of carbonyl (C=O) groups is 2. The first-order chi connectivity index (χ1) is 15.3. The number of aliphatic hydroxyl groups excluding tert-OH is 1. The Morgan fingerprint density at radius 1 is 1.12 bits per heavy atom. The van der Waals surface area contributed by atoms with Crippen molar-refractivity contribution in [1.29, 1.82) is 0 Å². The Morgan fingerprint density at radius 2 is 1.94 bits per heavy atom. The maximum Gasteiger partial charge on any atom is 0.302 e. The van der Waals surface area contributed by atoms with Gasteiger partial charge in [-0.05, 0) is 55.0 Å². The van der Waals surface area contributed by atoms with Crippen LogP contribution in [-0.2, 0) is 9.59 Å². The molecule has 1 amide bonds. The number of benzene rings is 2. The molecule has 7 nitrogen and oxygen atoms in total. The normalized spacial score (nSPS) is 18.1. The molecule has 0 saturated carbocycles. The van der Waals surface area contributed by atoms with E-state index >= 15 is 0 Å². The Balaban J connectivity index is 1.71. The molecule has 160 valence electrons. The summed E-state index contributed by atoms with van der Waals surface area (Å²) in [7, 11) is 0. The quantitative estimate of drug-likeness (QED) is 0.238. The minimum Gasteiger partial charge on any atom is -0.507 e. The lowest BCUT2D eigenvalue weighted by Crippen LogP contribution is -2.30. The Bertz CT molecular complexity index is 1420. The number of aryl methyl sites for hydroxylation is 1. The number of furan rings is 1. The largest absolute Gasteiger partial charge is 0.507 e. The first-order valence-corrected chi connectivity index (χ1v) is 10.4. The smallest absolute Gasteiger partial charge is 0.302 e. The number of aromatic amines is 1. The zero-order valence-corrected chi connectivity index (χ0v) is 18.1. The number of hydrogen-bond donors (Lipinski definition) is 2. The van der Waals surface area contributed by atoms with E-state index in [9.17, 15) is 14.7 Å². The number of nitrogens with one attached hydrogen (secondary N) is 1. The molecule has 0 radical (unpaired) electrons. The summed E-state index contributed by atoms with van der Waals surface area (Å²) in [5, 5.41) is 11.5. The van der Waals surface area contributed by atoms with Crippen LogP contribution in [0.4, 0.5) is 5.95 Å². The summed E-state index contributed by atoms with van der Waals surface area (Å²) in [6.45, 7) is 1.94. The van der Waals surface area contributed by atoms with Crippen LogP contribution in [0.5, 0.6) is 0 Å². The van der Waals surface area contributed by atoms with Gasteiger partial charge in [0, 0.05) is 5.56 Å². The Kier molecular flexibility index (Phi) is 4.80. The number of ketones is 1. The number of hydrogen-bond acceptors (Lipinski definition) is 5. The van der Waals surface area contributed by atoms with E-state index in [0.29, 0.717) is 21.8 Å². The molecule has 2 aromatic carbocycles. The van der Waals surface area contributed by atoms with Gasteiger partial charge in [-0.1, -0.05) is 29.3 Å². The van der Waals surface area contributed by atoms with Gasteiger partial charge in [-0.3, -0.25) is 14.5 Å². The van der Waals surface area contributed by atoms with Gasteiger partial charge in [0.05, 0.1) is 32.9 Å². The standard InChI is InChI=1S/C23H15Cl2N3O4/c1-11-4-7-15-16(9-11)27-23(26-15)28-19(17-3-2-8-32-17)18(21(30)22(28)31)20(29)12-5-6-13(24)14(25)10-12/h2-10,19,29H,1H3,(H,26,27)/b20-18+. The van der Waals surface area contributed by atoms with E-state index in [-0.39, 0.29) is 22.1 Å². The Morgan fingerprint density at radius 3 is 2.66 bits per heavy atom. The molecular formula is C23H15Cl2N3O4. The van der Waals surface area contributed by atoms with Crippen LogP contribution in [0, 0.1) is 6.92 Å². The molecule has 32 heavy (non-hydrogen) atoms. The molecule has 1 atom stereocenters. The van der Waals surface area contributed by atoms with Gasteiger partial charge >= 0.3 is 5.91 Å². The highest BCUT2D eigenvalue weighted by Crippen LogP contribution is 2.42. The van der Waals surface area contributed by atoms with E-state index in [1.54, 1.807) is 12.1 Å². The second-order valence-corrected chi connectivity index (χ2v) is 8.21. The third-order valence-corrected chi connectivity index (χ3v) is 6.04. The summed E-state index contributed by atoms with van der Waals surface area (Å²) in [6.07, 6.45) is 1.43. The van der Waals surface area contributed by atoms with Crippen LogP contribution in [0.1, 0.15) is 22.9 Å². The first kappa shape index (κ1) is 20.4. The van der Waals surface area contributed by atoms with E-state index in [0.717, 1.165) is 5.56 Å². The molecule has 2 N–H and O–H groups in total. The fraction of sp³-hybridized carbons (Fsp3) is 0.0870. The van der Waals surface area contributed by atoms with Crippen molar-refractivity contribution in [3.8, 4) is 0 Å². The monoisotopic (exact) mass is 467 g/mol. The summed E-state index contributed by atoms with van der Waals surface area (Å²) >= 11 is 12.1. The van der Waals surface area contributed by atoms with Crippen LogP contribution >= 0.6 is 23.2 Å². The van der Waals surface area contributed by atoms with E-state index < -0.39 is 23.5 Å². The maximum atomic E-state index is 13.1. The molecule has 0 bridgehead atoms. The zero-order valence-electron chi connectivity index (χ0n) is 16.6. The maximum absolute atomic E-state index is 13.1. The van der Waals surface area contributed by atoms with Crippen LogP contribution in [0.3, 0.4) is 0 Å². The van der Waals surface area contributed by atoms with Gasteiger partial charge in [0.15, 0.2) is 0 Å². The number of aliphatic hydroxyl groups is 1. The third kappa shape index (κ3) is 3.18. The van der Waals surface area contributed by atoms with Crippen molar-refractivity contribution in [2.24, 2.45) is 0 Å². The second kappa shape index (κ2) is 7.55. The molecule has 0 aliphatic carbocycles. The molecule has 9 heteroatoms. The molecule has 5 rings (SSSR count). The predicted molar refractivity (Wildman–Crippen MR) is 121 cm³/mol. The third-order valence-electron chi connectivity index (χ3n) is 5.30. The number of halogens is 2. The summed E-state index contributed by atoms with van der Waals surface area (Å²) in [5.74, 6) is -1.64. The number of anilines is 1. The lowest BCUT2D eigenvalue weighted by atomic mass is 9.99. The van der Waals surface area contributed by atoms with Crippen molar-refractivity contribution >= 4 is 57.6 Å². The van der Waals surface area contributed by atoms with E-state index in [1.807, 2.05) is 25.1 Å². The minimum absolute atomic E-state index is 0.139. The fourth-order valence-electron chi connectivity index (χ4n) is 3.79. The van der Waals surface area contributed by atoms with E-state index in [4.69, 9.17) is 27.6 Å². The summed E-state index contributed by atoms with van der Waals surface area (Å²) in [6, 6.07) is 12.3. The van der Waals surface area contributed by atoms with Crippen molar-refractivity contribution < 1.29 is 19.1 Å². The highest BCUT2D eigenvalue weighted by molar-refractivity contribution is 6.51. The van der Waals surface area contributed by atoms with Crippen LogP contribution in [0.25, 0.3) is 16.8 Å². The fourth-order valence-corrected chi connectivity index (χ4v) is 4.09. The molecule has 1 aliphatic rings. The van der Waals surface area contributed by atoms with Crippen LogP contribution < -0.4 is 4.90 Å². The number of Topliss-reactive ketones (excluding diaryl/α,β-unsaturated/α-hetero) is 1. The topological polar surface area (TPSA) is 99.4 Å². The zero-order chi connectivity index (χ0) is 22.6. The molecule has 4 aromatic rings. The van der Waals surface area contributed by atoms with Crippen molar-refractivity contribution in [2.45, 2.75) is 13.0 Å². The lowest BCUT2D eigenvalue weighted by molar-refractivity contribution is -0.132. The van der Waals surface area contributed by atoms with Crippen molar-refractivity contribution in [3.63, 3.8) is 0 Å². The molecule has 1 fully saturated rings. The number of fused-ring (bicyclic) bond motifs is 1. The van der Waals surface area contributed by atoms with Gasteiger partial charge in [0.25, 0.3) is 5.78 Å². The highest BCUT2D eigenvalue weighted by Gasteiger charge is 2.49. The van der Waals surface area contributed by atoms with Gasteiger partial charge < -0.3 is 14.5 Å². The first-order valence-electron chi connectivity index (χ1n) is 9.61. The number of imidazole rings is 1. The Labute approximate surface area is 191 Å². The van der Waals surface area contributed by atoms with Crippen LogP contribution in [-0.4, -0.2) is 26.8 Å². The van der Waals surface area contributed by atoms with Crippen molar-refractivity contribution in [3.05, 3.63) is 87.3 Å². The molecule has 1 aliphatic heterocycles. The van der Waals surface area contributed by atoms with Crippen molar-refractivity contribution in [2.75, 3.05) is 4.90 Å². The average Bonchev–Trinajstić information content (AvgIpc) is 3.48. The second-order valence-electron chi connectivity index (χ2n) is 7.39. The number of nitrogens with zero attached hydrogens (tertiary/aromatic N) is 2. The number of aromatic nitrogens is 2. The SMILES string of the molecule is Cc1ccc2nc(N3C(=O)C(=O)/C(=C(/O)c4ccc(Cl)c(Cl)c4)C3c3ccco3)[nH]c2c1. The van der Waals surface area contributed by atoms with Crippen molar-refractivity contribution in [1.82, 2.24) is 9.97 Å². The summed E-state index contributed by atoms with van der Waals surface area (Å²) < 4.78 is 5.54. The van der Waals surface area contributed by atoms with Crippen LogP contribution in [0.15, 0.2) is 64.8 Å². The molecule has 3 heterocycles. The van der Waals surface area contributed by atoms with E-state index in [2.05, 4.69) is 9.97 Å². The molecule has 1 unspecified atom stereocenters. The van der Waals surface area contributed by atoms with Gasteiger partial charge in [0.1, 0.15) is 17.6 Å². The lowest BCUT2D eigenvalue weighted by Gasteiger charge is -2.20. The van der Waals surface area contributed by atoms with Gasteiger partial charge in [-0.2, -0.15) is 0 Å². The number of amides is 1. The molecule has 2 aromatic heterocycles. The number of H-pyrrole nitrogens is 1. The highest BCUT2D eigenvalue weighted by atomic mass is 35.5. The van der Waals surface area contributed by atoms with Gasteiger partial charge in [-0.15, -0.1) is 0 Å². The van der Waals surface area contributed by atoms with E-state index in [1.165, 1.54) is 29.4 Å².